The molecule has 0 nitrogen and oxygen atoms in total. The van der Waals surface area contributed by atoms with Crippen molar-refractivity contribution >= 4 is 0 Å². The van der Waals surface area contributed by atoms with Crippen molar-refractivity contribution < 1.29 is 0 Å². The van der Waals surface area contributed by atoms with E-state index in [1.54, 1.807) is 0 Å². The van der Waals surface area contributed by atoms with Crippen molar-refractivity contribution in [1.29, 1.82) is 0 Å². The lowest BCUT2D eigenvalue weighted by Crippen LogP contribution is -1.94. The summed E-state index contributed by atoms with van der Waals surface area (Å²) >= 11 is 0. The van der Waals surface area contributed by atoms with E-state index in [1.165, 1.54) is 17.6 Å². The van der Waals surface area contributed by atoms with Crippen LogP contribution in [0.3, 0.4) is 0 Å². The summed E-state index contributed by atoms with van der Waals surface area (Å²) in [4.78, 5) is 0. The molecule has 0 heterocycles. The smallest absolute Gasteiger partial charge is 0.0193 e. The van der Waals surface area contributed by atoms with E-state index in [9.17, 15) is 0 Å². The van der Waals surface area contributed by atoms with Crippen LogP contribution in [0.4, 0.5) is 0 Å². The Hall–Kier alpha value is -0.780. The second kappa shape index (κ2) is 5.82. The standard InChI is InChI=1S/C12H20/c1-6-10(4)9-12(8-3)11(5)7-2/h6,8-9,11H,3,7H2,1-2,4-5H3/b10-6-,12-9+. The fraction of sp³-hybridized carbons (Fsp3) is 0.500. The molecule has 0 saturated heterocycles. The van der Waals surface area contributed by atoms with Gasteiger partial charge in [-0.05, 0) is 31.8 Å². The minimum atomic E-state index is 0.623. The Bertz CT molecular complexity index is 194. The van der Waals surface area contributed by atoms with E-state index in [1.807, 2.05) is 6.08 Å². The fourth-order valence-corrected chi connectivity index (χ4v) is 0.984. The maximum absolute atomic E-state index is 3.82. The molecule has 0 aliphatic rings. The first kappa shape index (κ1) is 11.2. The molecule has 12 heavy (non-hydrogen) atoms. The highest BCUT2D eigenvalue weighted by atomic mass is 14.1. The lowest BCUT2D eigenvalue weighted by atomic mass is 9.96. The van der Waals surface area contributed by atoms with Crippen molar-refractivity contribution in [1.82, 2.24) is 0 Å². The molecule has 0 aliphatic heterocycles. The van der Waals surface area contributed by atoms with Crippen LogP contribution in [0, 0.1) is 5.92 Å². The molecule has 1 unspecified atom stereocenters. The van der Waals surface area contributed by atoms with Crippen molar-refractivity contribution in [3.05, 3.63) is 36.0 Å². The molecule has 0 N–H and O–H groups in total. The third kappa shape index (κ3) is 3.56. The molecular weight excluding hydrogens is 144 g/mol. The first-order valence-electron chi connectivity index (χ1n) is 4.62. The van der Waals surface area contributed by atoms with Crippen molar-refractivity contribution in [3.8, 4) is 0 Å². The minimum Gasteiger partial charge on any atom is -0.0988 e. The summed E-state index contributed by atoms with van der Waals surface area (Å²) in [6, 6.07) is 0. The molecule has 0 aromatic rings. The van der Waals surface area contributed by atoms with E-state index in [0.717, 1.165) is 0 Å². The molecule has 0 aromatic heterocycles. The largest absolute Gasteiger partial charge is 0.0988 e. The molecule has 0 bridgehead atoms. The molecule has 0 heteroatoms. The van der Waals surface area contributed by atoms with Crippen LogP contribution in [0.25, 0.3) is 0 Å². The Kier molecular flexibility index (Phi) is 5.44. The van der Waals surface area contributed by atoms with Gasteiger partial charge in [-0.2, -0.15) is 0 Å². The summed E-state index contributed by atoms with van der Waals surface area (Å²) in [5.74, 6) is 0.623. The SMILES string of the molecule is C=C/C(=C\C(C)=C/C)C(C)CC. The predicted molar refractivity (Wildman–Crippen MR) is 57.2 cm³/mol. The first-order valence-corrected chi connectivity index (χ1v) is 4.62. The molecular formula is C12H20. The van der Waals surface area contributed by atoms with Crippen LogP contribution in [0.1, 0.15) is 34.1 Å². The Morgan fingerprint density at radius 2 is 2.08 bits per heavy atom. The molecule has 0 aliphatic carbocycles. The molecule has 1 atom stereocenters. The van der Waals surface area contributed by atoms with Crippen molar-refractivity contribution in [2.75, 3.05) is 0 Å². The summed E-state index contributed by atoms with van der Waals surface area (Å²) in [5, 5.41) is 0. The van der Waals surface area contributed by atoms with E-state index in [2.05, 4.69) is 46.4 Å². The van der Waals surface area contributed by atoms with Crippen LogP contribution in [0.5, 0.6) is 0 Å². The third-order valence-corrected chi connectivity index (χ3v) is 2.27. The van der Waals surface area contributed by atoms with Crippen molar-refractivity contribution in [2.24, 2.45) is 5.92 Å². The van der Waals surface area contributed by atoms with Gasteiger partial charge < -0.3 is 0 Å². The first-order chi connectivity index (χ1) is 5.65. The topological polar surface area (TPSA) is 0 Å². The third-order valence-electron chi connectivity index (χ3n) is 2.27. The lowest BCUT2D eigenvalue weighted by Gasteiger charge is -2.09. The Labute approximate surface area is 76.7 Å². The highest BCUT2D eigenvalue weighted by Gasteiger charge is 2.01. The zero-order valence-electron chi connectivity index (χ0n) is 8.72. The Balaban J connectivity index is 4.54. The van der Waals surface area contributed by atoms with Gasteiger partial charge in [0.25, 0.3) is 0 Å². The van der Waals surface area contributed by atoms with Crippen LogP contribution in [0.2, 0.25) is 0 Å². The van der Waals surface area contributed by atoms with Gasteiger partial charge in [0.2, 0.25) is 0 Å². The molecule has 0 amide bonds. The average Bonchev–Trinajstić information content (AvgIpc) is 2.12. The Morgan fingerprint density at radius 1 is 1.50 bits per heavy atom. The van der Waals surface area contributed by atoms with E-state index in [-0.39, 0.29) is 0 Å². The normalized spacial score (nSPS) is 16.0. The van der Waals surface area contributed by atoms with Crippen LogP contribution in [0.15, 0.2) is 36.0 Å². The number of hydrogen-bond donors (Lipinski definition) is 0. The molecule has 0 spiro atoms. The highest BCUT2D eigenvalue weighted by molar-refractivity contribution is 5.29. The van der Waals surface area contributed by atoms with Gasteiger partial charge in [0, 0.05) is 0 Å². The van der Waals surface area contributed by atoms with Crippen LogP contribution >= 0.6 is 0 Å². The van der Waals surface area contributed by atoms with Crippen molar-refractivity contribution in [2.45, 2.75) is 34.1 Å². The monoisotopic (exact) mass is 164 g/mol. The van der Waals surface area contributed by atoms with Gasteiger partial charge >= 0.3 is 0 Å². The van der Waals surface area contributed by atoms with E-state index in [0.29, 0.717) is 5.92 Å². The summed E-state index contributed by atoms with van der Waals surface area (Å²) in [7, 11) is 0. The van der Waals surface area contributed by atoms with Crippen LogP contribution < -0.4 is 0 Å². The van der Waals surface area contributed by atoms with Gasteiger partial charge in [-0.25, -0.2) is 0 Å². The van der Waals surface area contributed by atoms with Gasteiger partial charge in [0.1, 0.15) is 0 Å². The maximum Gasteiger partial charge on any atom is -0.0193 e. The Morgan fingerprint density at radius 3 is 2.42 bits per heavy atom. The molecule has 0 saturated carbocycles. The van der Waals surface area contributed by atoms with Crippen LogP contribution in [-0.4, -0.2) is 0 Å². The fourth-order valence-electron chi connectivity index (χ4n) is 0.984. The minimum absolute atomic E-state index is 0.623. The number of rotatable bonds is 4. The van der Waals surface area contributed by atoms with E-state index >= 15 is 0 Å². The molecule has 0 aromatic carbocycles. The average molecular weight is 164 g/mol. The van der Waals surface area contributed by atoms with Gasteiger partial charge in [0.05, 0.1) is 0 Å². The highest BCUT2D eigenvalue weighted by Crippen LogP contribution is 2.16. The second-order valence-corrected chi connectivity index (χ2v) is 3.19. The lowest BCUT2D eigenvalue weighted by molar-refractivity contribution is 0.670. The summed E-state index contributed by atoms with van der Waals surface area (Å²) < 4.78 is 0. The zero-order valence-corrected chi connectivity index (χ0v) is 8.72. The molecule has 0 fully saturated rings. The number of hydrogen-bond acceptors (Lipinski definition) is 0. The molecule has 0 rings (SSSR count). The predicted octanol–water partition coefficient (Wildman–Crippen LogP) is 4.11. The maximum atomic E-state index is 3.82. The van der Waals surface area contributed by atoms with E-state index in [4.69, 9.17) is 0 Å². The summed E-state index contributed by atoms with van der Waals surface area (Å²) in [5.41, 5.74) is 2.65. The van der Waals surface area contributed by atoms with Crippen molar-refractivity contribution in [3.63, 3.8) is 0 Å². The van der Waals surface area contributed by atoms with Gasteiger partial charge in [-0.3, -0.25) is 0 Å². The molecule has 0 radical (unpaired) electrons. The summed E-state index contributed by atoms with van der Waals surface area (Å²) in [6.45, 7) is 12.4. The van der Waals surface area contributed by atoms with Gasteiger partial charge in [-0.15, -0.1) is 0 Å². The van der Waals surface area contributed by atoms with E-state index < -0.39 is 0 Å². The second-order valence-electron chi connectivity index (χ2n) is 3.19. The zero-order chi connectivity index (χ0) is 9.56. The van der Waals surface area contributed by atoms with Gasteiger partial charge in [-0.1, -0.05) is 44.2 Å². The summed E-state index contributed by atoms with van der Waals surface area (Å²) in [6.07, 6.45) is 7.46. The van der Waals surface area contributed by atoms with Crippen LogP contribution in [-0.2, 0) is 0 Å². The molecule has 68 valence electrons. The van der Waals surface area contributed by atoms with Gasteiger partial charge in [0.15, 0.2) is 0 Å². The number of allylic oxidation sites excluding steroid dienone is 5. The quantitative estimate of drug-likeness (QED) is 0.548.